The highest BCUT2D eigenvalue weighted by atomic mass is 32.1. The summed E-state index contributed by atoms with van der Waals surface area (Å²) in [6.45, 7) is 5.93. The number of hydrogen-bond donors (Lipinski definition) is 7. The molecule has 0 radical (unpaired) electrons. The van der Waals surface area contributed by atoms with Gasteiger partial charge < -0.3 is 46.5 Å². The normalized spacial score (nSPS) is 23.5. The number of methoxy groups -OCH3 is 1. The monoisotopic (exact) mass is 779 g/mol. The number of fused-ring (bicyclic) bond motifs is 3. The SMILES string of the molecule is C/C=C1\NC(=O)C(CC)NC(=O)CNC(=O)C(C)(C(C)=O)NC(=O)C(Cc2c[nH]c3c(OC)cccc23)NC(=O)c2csc(n2)C(C)NC(=O)CN(C)C1=O. The topological polar surface area (TPSA) is 250 Å². The van der Waals surface area contributed by atoms with Gasteiger partial charge in [-0.3, -0.25) is 38.4 Å². The summed E-state index contributed by atoms with van der Waals surface area (Å²) in [5.74, 6) is -5.68. The van der Waals surface area contributed by atoms with Crippen LogP contribution in [0.5, 0.6) is 5.75 Å². The fourth-order valence-electron chi connectivity index (χ4n) is 5.66. The number of carbonyl (C=O) groups excluding carboxylic acids is 8. The molecule has 0 fully saturated rings. The number of para-hydroxylation sites is 1. The Kier molecular flexibility index (Phi) is 13.5. The zero-order chi connectivity index (χ0) is 40.6. The fraction of sp³-hybridized carbons (Fsp3) is 0.417. The average molecular weight is 780 g/mol. The molecule has 0 saturated heterocycles. The molecule has 3 aromatic rings. The van der Waals surface area contributed by atoms with Gasteiger partial charge in [0.2, 0.25) is 23.6 Å². The van der Waals surface area contributed by atoms with E-state index in [1.807, 2.05) is 0 Å². The number of rotatable bonds is 5. The van der Waals surface area contributed by atoms with Crippen LogP contribution in [-0.4, -0.2) is 107 Å². The van der Waals surface area contributed by atoms with Crippen LogP contribution in [0.4, 0.5) is 0 Å². The Labute approximate surface area is 320 Å². The minimum Gasteiger partial charge on any atom is -0.495 e. The maximum atomic E-state index is 14.0. The van der Waals surface area contributed by atoms with Gasteiger partial charge in [-0.15, -0.1) is 11.3 Å². The molecule has 4 unspecified atom stereocenters. The van der Waals surface area contributed by atoms with Gasteiger partial charge in [0, 0.05) is 30.4 Å². The van der Waals surface area contributed by atoms with Gasteiger partial charge in [-0.05, 0) is 45.7 Å². The van der Waals surface area contributed by atoms with E-state index in [0.717, 1.165) is 30.1 Å². The zero-order valence-corrected chi connectivity index (χ0v) is 32.3. The lowest BCUT2D eigenvalue weighted by Gasteiger charge is -2.29. The Balaban J connectivity index is 1.71. The van der Waals surface area contributed by atoms with Crippen molar-refractivity contribution in [3.05, 3.63) is 57.8 Å². The number of ketones is 1. The molecule has 4 atom stereocenters. The van der Waals surface area contributed by atoms with E-state index in [2.05, 4.69) is 41.9 Å². The standard InChI is InChI=1S/C36H45N9O9S/c1-8-22-30(49)41-23(9-2)34(52)45(6)16-28(48)39-18(3)33-43-25(17-55-33)31(50)42-24(13-20-14-37-29-21(20)11-10-12-26(29)54-7)32(51)44-36(5,19(4)46)35(53)38-15-27(47)40-22/h9-12,14,17-18,22,24,37H,8,13,15-16H2,1-7H3,(H,38,53)(H,39,48)(H,40,47)(H,41,49)(H,42,50)(H,44,51)/b23-9-. The second-order valence-electron chi connectivity index (χ2n) is 13.0. The minimum absolute atomic E-state index is 0.0711. The molecule has 2 bridgehead atoms. The number of benzene rings is 1. The Morgan fingerprint density at radius 3 is 2.44 bits per heavy atom. The number of aromatic nitrogens is 2. The lowest BCUT2D eigenvalue weighted by Crippen LogP contribution is -2.65. The van der Waals surface area contributed by atoms with Gasteiger partial charge in [-0.2, -0.15) is 0 Å². The lowest BCUT2D eigenvalue weighted by molar-refractivity contribution is -0.141. The molecule has 7 amide bonds. The van der Waals surface area contributed by atoms with Crippen LogP contribution in [-0.2, 0) is 40.0 Å². The molecule has 4 rings (SSSR count). The Bertz CT molecular complexity index is 2040. The minimum atomic E-state index is -2.20. The summed E-state index contributed by atoms with van der Waals surface area (Å²) in [4.78, 5) is 115. The quantitative estimate of drug-likeness (QED) is 0.136. The van der Waals surface area contributed by atoms with E-state index < -0.39 is 83.9 Å². The molecule has 0 saturated carbocycles. The summed E-state index contributed by atoms with van der Waals surface area (Å²) in [6.07, 6.45) is 2.99. The molecule has 19 heteroatoms. The number of likely N-dealkylation sites (N-methyl/N-ethyl adjacent to an activating group) is 1. The fourth-order valence-corrected chi connectivity index (χ4v) is 6.47. The Morgan fingerprint density at radius 2 is 1.78 bits per heavy atom. The van der Waals surface area contributed by atoms with Crippen LogP contribution in [0.1, 0.15) is 68.1 Å². The van der Waals surface area contributed by atoms with E-state index in [9.17, 15) is 38.4 Å². The van der Waals surface area contributed by atoms with Gasteiger partial charge in [-0.1, -0.05) is 25.1 Å². The summed E-state index contributed by atoms with van der Waals surface area (Å²) >= 11 is 1.08. The molecule has 55 heavy (non-hydrogen) atoms. The van der Waals surface area contributed by atoms with Crippen LogP contribution < -0.4 is 36.6 Å². The second-order valence-corrected chi connectivity index (χ2v) is 13.9. The van der Waals surface area contributed by atoms with Crippen molar-refractivity contribution in [2.45, 2.75) is 71.1 Å². The molecule has 1 aromatic carbocycles. The predicted octanol–water partition coefficient (Wildman–Crippen LogP) is 0.118. The number of ether oxygens (including phenoxy) is 1. The molecule has 3 heterocycles. The summed E-state index contributed by atoms with van der Waals surface area (Å²) in [5.41, 5.74) is -1.17. The van der Waals surface area contributed by atoms with Crippen molar-refractivity contribution < 1.29 is 43.1 Å². The molecule has 18 nitrogen and oxygen atoms in total. The average Bonchev–Trinajstić information content (AvgIpc) is 3.82. The lowest BCUT2D eigenvalue weighted by atomic mass is 9.94. The third-order valence-electron chi connectivity index (χ3n) is 9.04. The molecule has 2 aromatic heterocycles. The second kappa shape index (κ2) is 17.8. The van der Waals surface area contributed by atoms with Crippen molar-refractivity contribution in [3.8, 4) is 5.75 Å². The Hall–Kier alpha value is -6.11. The van der Waals surface area contributed by atoms with Crippen LogP contribution >= 0.6 is 11.3 Å². The highest BCUT2D eigenvalue weighted by Crippen LogP contribution is 2.28. The number of Topliss-reactive ketones (excluding diaryl/α,β-unsaturated/α-hetero) is 1. The molecule has 1 aliphatic rings. The number of amides is 7. The number of aromatic amines is 1. The van der Waals surface area contributed by atoms with E-state index in [4.69, 9.17) is 4.74 Å². The third-order valence-corrected chi connectivity index (χ3v) is 10.1. The van der Waals surface area contributed by atoms with Crippen LogP contribution in [0.15, 0.2) is 41.5 Å². The maximum Gasteiger partial charge on any atom is 0.271 e. The molecular weight excluding hydrogens is 735 g/mol. The van der Waals surface area contributed by atoms with Crippen molar-refractivity contribution in [3.63, 3.8) is 0 Å². The van der Waals surface area contributed by atoms with Crippen molar-refractivity contribution in [1.82, 2.24) is 46.8 Å². The van der Waals surface area contributed by atoms with Gasteiger partial charge in [0.15, 0.2) is 11.3 Å². The van der Waals surface area contributed by atoms with Crippen LogP contribution in [0.2, 0.25) is 0 Å². The van der Waals surface area contributed by atoms with Gasteiger partial charge in [0.05, 0.1) is 31.8 Å². The highest BCUT2D eigenvalue weighted by molar-refractivity contribution is 7.09. The van der Waals surface area contributed by atoms with E-state index in [0.29, 0.717) is 27.2 Å². The van der Waals surface area contributed by atoms with Crippen molar-refractivity contribution in [2.75, 3.05) is 27.2 Å². The third kappa shape index (κ3) is 9.71. The van der Waals surface area contributed by atoms with Crippen LogP contribution in [0, 0.1) is 0 Å². The number of nitrogens with zero attached hydrogens (tertiary/aromatic N) is 2. The van der Waals surface area contributed by atoms with E-state index in [1.54, 1.807) is 38.2 Å². The first-order valence-corrected chi connectivity index (χ1v) is 18.2. The van der Waals surface area contributed by atoms with Crippen molar-refractivity contribution in [2.24, 2.45) is 0 Å². The Morgan fingerprint density at radius 1 is 1.05 bits per heavy atom. The number of carbonyl (C=O) groups is 8. The van der Waals surface area contributed by atoms with E-state index >= 15 is 0 Å². The zero-order valence-electron chi connectivity index (χ0n) is 31.5. The van der Waals surface area contributed by atoms with Crippen LogP contribution in [0.3, 0.4) is 0 Å². The van der Waals surface area contributed by atoms with Crippen molar-refractivity contribution in [1.29, 1.82) is 0 Å². The first-order chi connectivity index (χ1) is 26.0. The predicted molar refractivity (Wildman–Crippen MR) is 200 cm³/mol. The van der Waals surface area contributed by atoms with Gasteiger partial charge in [0.25, 0.3) is 17.7 Å². The first kappa shape index (κ1) is 41.6. The van der Waals surface area contributed by atoms with E-state index in [1.165, 1.54) is 32.5 Å². The van der Waals surface area contributed by atoms with E-state index in [-0.39, 0.29) is 24.2 Å². The van der Waals surface area contributed by atoms with Gasteiger partial charge in [0.1, 0.15) is 34.2 Å². The van der Waals surface area contributed by atoms with Crippen molar-refractivity contribution >= 4 is 69.4 Å². The van der Waals surface area contributed by atoms with Crippen LogP contribution in [0.25, 0.3) is 10.9 Å². The molecule has 1 aliphatic heterocycles. The number of nitrogens with one attached hydrogen (secondary N) is 7. The largest absolute Gasteiger partial charge is 0.495 e. The van der Waals surface area contributed by atoms with Gasteiger partial charge in [-0.25, -0.2) is 4.98 Å². The number of allylic oxidation sites excluding steroid dienone is 1. The molecule has 7 N–H and O–H groups in total. The number of hydrogen-bond acceptors (Lipinski definition) is 11. The summed E-state index contributed by atoms with van der Waals surface area (Å²) in [5, 5.41) is 17.6. The summed E-state index contributed by atoms with van der Waals surface area (Å²) < 4.78 is 5.44. The number of H-pyrrole nitrogens is 1. The number of thiazole rings is 1. The summed E-state index contributed by atoms with van der Waals surface area (Å²) in [7, 11) is 2.88. The molecular formula is C36H45N9O9S. The molecule has 0 spiro atoms. The summed E-state index contributed by atoms with van der Waals surface area (Å²) in [6, 6.07) is 2.11. The maximum absolute atomic E-state index is 14.0. The molecule has 0 aliphatic carbocycles. The smallest absolute Gasteiger partial charge is 0.271 e. The van der Waals surface area contributed by atoms with Gasteiger partial charge >= 0.3 is 0 Å². The molecule has 294 valence electrons. The highest BCUT2D eigenvalue weighted by Gasteiger charge is 2.42. The first-order valence-electron chi connectivity index (χ1n) is 17.3.